The van der Waals surface area contributed by atoms with Gasteiger partial charge in [0.15, 0.2) is 0 Å². The Bertz CT molecular complexity index is 483. The Morgan fingerprint density at radius 3 is 3.00 bits per heavy atom. The summed E-state index contributed by atoms with van der Waals surface area (Å²) in [4.78, 5) is 12.3. The number of nitro benzene ring substituents is 1. The van der Waals surface area contributed by atoms with Crippen LogP contribution in [0, 0.1) is 15.9 Å². The van der Waals surface area contributed by atoms with Crippen LogP contribution in [-0.2, 0) is 9.47 Å². The van der Waals surface area contributed by atoms with Gasteiger partial charge in [0.2, 0.25) is 0 Å². The van der Waals surface area contributed by atoms with Crippen LogP contribution in [0.3, 0.4) is 0 Å². The molecule has 0 bridgehead atoms. The summed E-state index contributed by atoms with van der Waals surface area (Å²) >= 11 is 0. The van der Waals surface area contributed by atoms with Crippen LogP contribution in [0.2, 0.25) is 0 Å². The molecule has 1 fully saturated rings. The van der Waals surface area contributed by atoms with E-state index in [4.69, 9.17) is 9.47 Å². The van der Waals surface area contributed by atoms with Gasteiger partial charge in [0.25, 0.3) is 5.69 Å². The minimum Gasteiger partial charge on any atom is -0.382 e. The third-order valence-corrected chi connectivity index (χ3v) is 3.26. The Labute approximate surface area is 116 Å². The predicted molar refractivity (Wildman–Crippen MR) is 71.5 cm³/mol. The lowest BCUT2D eigenvalue weighted by Gasteiger charge is -2.18. The molecule has 0 radical (unpaired) electrons. The molecule has 6 nitrogen and oxygen atoms in total. The van der Waals surface area contributed by atoms with Gasteiger partial charge in [-0.25, -0.2) is 4.39 Å². The molecule has 0 amide bonds. The third kappa shape index (κ3) is 3.43. The molecule has 0 unspecified atom stereocenters. The molecule has 0 saturated carbocycles. The highest BCUT2D eigenvalue weighted by Gasteiger charge is 2.28. The van der Waals surface area contributed by atoms with Crippen molar-refractivity contribution in [2.75, 3.05) is 38.3 Å². The number of hydrogen-bond acceptors (Lipinski definition) is 5. The zero-order valence-corrected chi connectivity index (χ0v) is 11.3. The van der Waals surface area contributed by atoms with Crippen molar-refractivity contribution in [3.8, 4) is 0 Å². The summed E-state index contributed by atoms with van der Waals surface area (Å²) in [5, 5.41) is 11.0. The van der Waals surface area contributed by atoms with E-state index in [1.165, 1.54) is 12.1 Å². The average molecular weight is 284 g/mol. The summed E-state index contributed by atoms with van der Waals surface area (Å²) in [6.45, 7) is 2.13. The number of nitrogens with zero attached hydrogens (tertiary/aromatic N) is 2. The van der Waals surface area contributed by atoms with Crippen LogP contribution in [0.1, 0.15) is 6.42 Å². The number of hydrogen-bond donors (Lipinski definition) is 0. The van der Waals surface area contributed by atoms with E-state index in [0.29, 0.717) is 32.0 Å². The lowest BCUT2D eigenvalue weighted by atomic mass is 10.2. The smallest absolute Gasteiger partial charge is 0.292 e. The van der Waals surface area contributed by atoms with E-state index in [1.54, 1.807) is 12.0 Å². The lowest BCUT2D eigenvalue weighted by molar-refractivity contribution is -0.384. The van der Waals surface area contributed by atoms with Crippen LogP contribution >= 0.6 is 0 Å². The second-order valence-electron chi connectivity index (χ2n) is 4.61. The van der Waals surface area contributed by atoms with Gasteiger partial charge in [-0.3, -0.25) is 10.1 Å². The van der Waals surface area contributed by atoms with E-state index in [-0.39, 0.29) is 11.8 Å². The average Bonchev–Trinajstić information content (AvgIpc) is 2.87. The molecule has 1 aliphatic heterocycles. The second-order valence-corrected chi connectivity index (χ2v) is 4.61. The summed E-state index contributed by atoms with van der Waals surface area (Å²) in [5.74, 6) is -0.477. The lowest BCUT2D eigenvalue weighted by Crippen LogP contribution is -2.24. The molecule has 1 aromatic rings. The predicted octanol–water partition coefficient (Wildman–Crippen LogP) is 1.98. The van der Waals surface area contributed by atoms with Crippen LogP contribution < -0.4 is 4.90 Å². The number of ether oxygens (including phenoxy) is 2. The van der Waals surface area contributed by atoms with Crippen LogP contribution in [0.4, 0.5) is 15.8 Å². The minimum absolute atomic E-state index is 0.00646. The second kappa shape index (κ2) is 6.62. The molecule has 1 aliphatic rings. The maximum absolute atomic E-state index is 13.3. The van der Waals surface area contributed by atoms with Crippen molar-refractivity contribution in [2.24, 2.45) is 0 Å². The van der Waals surface area contributed by atoms with E-state index < -0.39 is 10.7 Å². The molecule has 1 heterocycles. The number of rotatable bonds is 6. The van der Waals surface area contributed by atoms with Crippen LogP contribution in [0.5, 0.6) is 0 Å². The first kappa shape index (κ1) is 14.7. The van der Waals surface area contributed by atoms with Gasteiger partial charge in [0, 0.05) is 32.3 Å². The fourth-order valence-corrected chi connectivity index (χ4v) is 2.29. The molecule has 0 spiro atoms. The zero-order chi connectivity index (χ0) is 14.5. The molecule has 7 heteroatoms. The van der Waals surface area contributed by atoms with E-state index in [2.05, 4.69) is 0 Å². The van der Waals surface area contributed by atoms with Crippen molar-refractivity contribution in [3.63, 3.8) is 0 Å². The molecule has 20 heavy (non-hydrogen) atoms. The van der Waals surface area contributed by atoms with Gasteiger partial charge in [-0.1, -0.05) is 0 Å². The fourth-order valence-electron chi connectivity index (χ4n) is 2.29. The Balaban J connectivity index is 2.05. The topological polar surface area (TPSA) is 64.8 Å². The standard InChI is InChI=1S/C13H17FN2O4/c1-19-6-7-20-11-4-5-15(9-11)13-8-10(14)2-3-12(13)16(17)18/h2-3,8,11H,4-7,9H2,1H3/t11-/m1/s1. The van der Waals surface area contributed by atoms with Crippen molar-refractivity contribution >= 4 is 11.4 Å². The normalized spacial score (nSPS) is 18.5. The van der Waals surface area contributed by atoms with E-state index in [1.807, 2.05) is 0 Å². The van der Waals surface area contributed by atoms with Gasteiger partial charge in [-0.05, 0) is 12.5 Å². The molecular weight excluding hydrogens is 267 g/mol. The number of benzene rings is 1. The van der Waals surface area contributed by atoms with Crippen molar-refractivity contribution in [2.45, 2.75) is 12.5 Å². The zero-order valence-electron chi connectivity index (χ0n) is 11.3. The highest BCUT2D eigenvalue weighted by molar-refractivity contribution is 5.63. The Morgan fingerprint density at radius 2 is 2.30 bits per heavy atom. The molecule has 0 N–H and O–H groups in total. The van der Waals surface area contributed by atoms with Gasteiger partial charge in [0.1, 0.15) is 11.5 Å². The van der Waals surface area contributed by atoms with Crippen molar-refractivity contribution < 1.29 is 18.8 Å². The molecule has 2 rings (SSSR count). The maximum atomic E-state index is 13.3. The Morgan fingerprint density at radius 1 is 1.50 bits per heavy atom. The summed E-state index contributed by atoms with van der Waals surface area (Å²) in [5.41, 5.74) is 0.233. The van der Waals surface area contributed by atoms with Crippen molar-refractivity contribution in [3.05, 3.63) is 34.1 Å². The third-order valence-electron chi connectivity index (χ3n) is 3.26. The molecule has 1 atom stereocenters. The number of anilines is 1. The molecule has 0 aliphatic carbocycles. The van der Waals surface area contributed by atoms with Gasteiger partial charge in [-0.15, -0.1) is 0 Å². The van der Waals surface area contributed by atoms with Crippen molar-refractivity contribution in [1.29, 1.82) is 0 Å². The first-order valence-corrected chi connectivity index (χ1v) is 6.41. The Hall–Kier alpha value is -1.73. The monoisotopic (exact) mass is 284 g/mol. The molecule has 0 aromatic heterocycles. The summed E-state index contributed by atoms with van der Waals surface area (Å²) in [6, 6.07) is 3.50. The van der Waals surface area contributed by atoms with Crippen LogP contribution in [0.15, 0.2) is 18.2 Å². The maximum Gasteiger partial charge on any atom is 0.292 e. The fraction of sp³-hybridized carbons (Fsp3) is 0.538. The van der Waals surface area contributed by atoms with Gasteiger partial charge < -0.3 is 14.4 Å². The summed E-state index contributed by atoms with van der Waals surface area (Å²) < 4.78 is 23.8. The van der Waals surface area contributed by atoms with Gasteiger partial charge in [-0.2, -0.15) is 0 Å². The Kier molecular flexibility index (Phi) is 4.86. The van der Waals surface area contributed by atoms with E-state index >= 15 is 0 Å². The SMILES string of the molecule is COCCO[C@@H]1CCN(c2cc(F)ccc2[N+](=O)[O-])C1. The molecular formula is C13H17FN2O4. The summed E-state index contributed by atoms with van der Waals surface area (Å²) in [7, 11) is 1.60. The largest absolute Gasteiger partial charge is 0.382 e. The quantitative estimate of drug-likeness (QED) is 0.454. The first-order chi connectivity index (χ1) is 9.61. The highest BCUT2D eigenvalue weighted by Crippen LogP contribution is 2.31. The number of halogens is 1. The number of methoxy groups -OCH3 is 1. The number of nitro groups is 1. The first-order valence-electron chi connectivity index (χ1n) is 6.41. The highest BCUT2D eigenvalue weighted by atomic mass is 19.1. The minimum atomic E-state index is -0.492. The molecule has 1 aromatic carbocycles. The summed E-state index contributed by atoms with van der Waals surface area (Å²) in [6.07, 6.45) is 0.755. The van der Waals surface area contributed by atoms with E-state index in [9.17, 15) is 14.5 Å². The van der Waals surface area contributed by atoms with Crippen LogP contribution in [-0.4, -0.2) is 44.4 Å². The molecule has 1 saturated heterocycles. The van der Waals surface area contributed by atoms with Gasteiger partial charge >= 0.3 is 0 Å². The van der Waals surface area contributed by atoms with Crippen LogP contribution in [0.25, 0.3) is 0 Å². The van der Waals surface area contributed by atoms with Crippen molar-refractivity contribution in [1.82, 2.24) is 0 Å². The molecule has 110 valence electrons. The van der Waals surface area contributed by atoms with E-state index in [0.717, 1.165) is 12.5 Å². The van der Waals surface area contributed by atoms with Gasteiger partial charge in [0.05, 0.1) is 24.2 Å².